The van der Waals surface area contributed by atoms with Gasteiger partial charge in [-0.05, 0) is 11.8 Å². The Balaban J connectivity index is 0.888. The minimum atomic E-state index is -5.98. The third-order valence-electron chi connectivity index (χ3n) is 12.3. The number of nitrogens with two attached hydrogens (primary N) is 3. The molecule has 16 atom stereocenters. The number of anilines is 3. The number of phosphoric ester groups is 1. The van der Waals surface area contributed by atoms with Crippen LogP contribution in [0, 0.1) is 5.92 Å². The second-order valence-corrected chi connectivity index (χ2v) is 25.1. The van der Waals surface area contributed by atoms with Gasteiger partial charge in [-0.1, -0.05) is 4.98 Å². The highest BCUT2D eigenvalue weighted by molar-refractivity contribution is 8.08. The van der Waals surface area contributed by atoms with E-state index in [1.54, 1.807) is 0 Å². The fourth-order valence-corrected chi connectivity index (χ4v) is 15.2. The number of aliphatic hydroxyl groups is 3. The zero-order valence-electron chi connectivity index (χ0n) is 39.2. The Morgan fingerprint density at radius 3 is 2.09 bits per heavy atom. The van der Waals surface area contributed by atoms with Crippen LogP contribution in [0.15, 0.2) is 34.9 Å². The minimum absolute atomic E-state index is 0.000114. The maximum Gasteiger partial charge on any atom is 0.488 e. The largest absolute Gasteiger partial charge is 0.488 e. The monoisotopic (exact) mass is 1170 g/mol. The van der Waals surface area contributed by atoms with Crippen molar-refractivity contribution in [2.45, 2.75) is 67.1 Å². The van der Waals surface area contributed by atoms with E-state index in [4.69, 9.17) is 66.3 Å². The molecule has 3 fully saturated rings. The first kappa shape index (κ1) is 56.0. The maximum atomic E-state index is 14.5. The van der Waals surface area contributed by atoms with Gasteiger partial charge in [-0.2, -0.15) is 9.29 Å². The summed E-state index contributed by atoms with van der Waals surface area (Å²) in [6.07, 6.45) is -10.7. The summed E-state index contributed by atoms with van der Waals surface area (Å²) < 4.78 is 99.5. The molecule has 42 heteroatoms. The topological polar surface area (TPSA) is 525 Å². The van der Waals surface area contributed by atoms with Crippen molar-refractivity contribution < 1.29 is 99.0 Å². The minimum Gasteiger partial charge on any atom is -0.387 e. The third kappa shape index (κ3) is 10.9. The summed E-state index contributed by atoms with van der Waals surface area (Å²) in [4.78, 5) is 97.9. The van der Waals surface area contributed by atoms with Crippen LogP contribution in [0.2, 0.25) is 0 Å². The van der Waals surface area contributed by atoms with E-state index in [-0.39, 0.29) is 57.8 Å². The second-order valence-electron chi connectivity index (χ2n) is 17.1. The quantitative estimate of drug-likeness (QED) is 0.0259. The Kier molecular flexibility index (Phi) is 15.6. The molecule has 37 nitrogen and oxygen atoms in total. The van der Waals surface area contributed by atoms with Gasteiger partial charge in [0.1, 0.15) is 54.1 Å². The van der Waals surface area contributed by atoms with Crippen molar-refractivity contribution in [1.82, 2.24) is 53.6 Å². The molecule has 0 saturated carbocycles. The van der Waals surface area contributed by atoms with Crippen molar-refractivity contribution >= 4 is 93.0 Å². The first-order chi connectivity index (χ1) is 35.7. The highest BCUT2D eigenvalue weighted by atomic mass is 32.5. The van der Waals surface area contributed by atoms with Crippen molar-refractivity contribution in [2.24, 2.45) is 13.0 Å². The number of rotatable bonds is 20. The molecule has 0 aromatic carbocycles. The normalized spacial score (nSPS) is 30.2. The lowest BCUT2D eigenvalue weighted by Gasteiger charge is -2.28. The zero-order chi connectivity index (χ0) is 55.0. The van der Waals surface area contributed by atoms with Crippen LogP contribution in [-0.4, -0.2) is 178 Å². The average molecular weight is 1170 g/mol. The van der Waals surface area contributed by atoms with E-state index in [1.165, 1.54) is 40.5 Å². The van der Waals surface area contributed by atoms with Crippen LogP contribution in [0.5, 0.6) is 0 Å². The second kappa shape index (κ2) is 21.2. The summed E-state index contributed by atoms with van der Waals surface area (Å²) in [6.45, 7) is -8.28. The number of fused-ring (bicyclic) bond motifs is 3. The van der Waals surface area contributed by atoms with Crippen LogP contribution in [0.3, 0.4) is 0 Å². The van der Waals surface area contributed by atoms with Crippen molar-refractivity contribution in [3.63, 3.8) is 0 Å². The van der Waals surface area contributed by atoms with Crippen molar-refractivity contribution in [3.05, 3.63) is 46.0 Å². The predicted octanol–water partition coefficient (Wildman–Crippen LogP) is -3.62. The molecule has 3 aliphatic heterocycles. The van der Waals surface area contributed by atoms with Gasteiger partial charge >= 0.3 is 35.6 Å². The summed E-state index contributed by atoms with van der Waals surface area (Å²) in [5.74, 6) is -1.62. The van der Waals surface area contributed by atoms with Gasteiger partial charge in [-0.15, -0.1) is 0 Å². The number of aromatic amines is 2. The van der Waals surface area contributed by atoms with Crippen LogP contribution in [0.4, 0.5) is 17.7 Å². The highest BCUT2D eigenvalue weighted by Gasteiger charge is 2.57. The van der Waals surface area contributed by atoms with Crippen LogP contribution >= 0.6 is 30.0 Å². The number of nitrogens with zero attached hydrogens (tertiary/aromatic N) is 10. The molecule has 3 saturated heterocycles. The van der Waals surface area contributed by atoms with Crippen molar-refractivity contribution in [3.8, 4) is 0 Å². The summed E-state index contributed by atoms with van der Waals surface area (Å²) in [5, 5.41) is 33.3. The number of aryl methyl sites for hydroxylation is 1. The molecule has 0 amide bonds. The third-order valence-corrected chi connectivity index (χ3v) is 19.3. The number of aromatic nitrogens is 12. The van der Waals surface area contributed by atoms with E-state index in [2.05, 4.69) is 48.5 Å². The molecule has 0 radical (unpaired) electrons. The first-order valence-electron chi connectivity index (χ1n) is 21.8. The standard InChI is InChI=1S/C34H47N15O22P4S/c1-46-11-49(27-18(46)29(54)45-34(37)43-27)30-19(50)12(4-62-2)13(67-30)5-65-73(57,58)70-74(59,60)71-75(61,76)66-7-15-23(22(63-3)32(69-15)47-9-40-16-24(35)38-8-39-25(16)47)72(55,56)64-6-14-20(51)21(52)31(68-14)48-10-41-17-26(48)42-33(36)44-28(17)53/h8-15,19-23,30-32,50-52H,4-7H2,1-3H3,(H11-,35,36,37,38,39,42,43,44,45,53,54,55,56,57,58,59,60,61,76)/p+1/t12-,13-,14-,15?,19-,20-,21-,22-,23-,30-,31-,32-,75?/m1/s1. The maximum absolute atomic E-state index is 14.5. The number of phosphoric acid groups is 2. The lowest BCUT2D eigenvalue weighted by atomic mass is 9.99. The summed E-state index contributed by atoms with van der Waals surface area (Å²) in [6, 6.07) is 0. The van der Waals surface area contributed by atoms with E-state index in [1.807, 2.05) is 0 Å². The van der Waals surface area contributed by atoms with Gasteiger partial charge in [0.05, 0.1) is 52.2 Å². The van der Waals surface area contributed by atoms with Gasteiger partial charge in [0.15, 0.2) is 41.4 Å². The van der Waals surface area contributed by atoms with Crippen LogP contribution < -0.4 is 32.9 Å². The highest BCUT2D eigenvalue weighted by Crippen LogP contribution is 2.68. The van der Waals surface area contributed by atoms with Crippen LogP contribution in [-0.2, 0) is 78.4 Å². The van der Waals surface area contributed by atoms with Gasteiger partial charge in [-0.3, -0.25) is 42.3 Å². The molecule has 9 rings (SSSR count). The Hall–Kier alpha value is -4.69. The summed E-state index contributed by atoms with van der Waals surface area (Å²) in [7, 11) is -13.0. The van der Waals surface area contributed by atoms with E-state index in [0.29, 0.717) is 0 Å². The van der Waals surface area contributed by atoms with Gasteiger partial charge in [0.2, 0.25) is 17.7 Å². The molecule has 3 aliphatic rings. The molecular formula is C34H48N15O22P4S+. The number of methoxy groups -OCH3 is 2. The number of hydrogen-bond donors (Lipinski definition) is 12. The smallest absolute Gasteiger partial charge is 0.387 e. The number of ether oxygens (including phenoxy) is 5. The Bertz CT molecular complexity index is 3490. The molecule has 6 aromatic heterocycles. The van der Waals surface area contributed by atoms with Crippen molar-refractivity contribution in [1.29, 1.82) is 0 Å². The van der Waals surface area contributed by atoms with Crippen LogP contribution in [0.25, 0.3) is 33.5 Å². The molecule has 5 unspecified atom stereocenters. The number of hydrogen-bond acceptors (Lipinski definition) is 28. The van der Waals surface area contributed by atoms with E-state index in [9.17, 15) is 58.2 Å². The lowest BCUT2D eigenvalue weighted by molar-refractivity contribution is -0.745. The molecule has 6 aromatic rings. The Morgan fingerprint density at radius 2 is 1.38 bits per heavy atom. The number of H-pyrrole nitrogens is 2. The molecule has 76 heavy (non-hydrogen) atoms. The molecule has 0 aliphatic carbocycles. The molecule has 0 spiro atoms. The van der Waals surface area contributed by atoms with Gasteiger partial charge in [0, 0.05) is 20.1 Å². The molecule has 15 N–H and O–H groups in total. The Labute approximate surface area is 428 Å². The van der Waals surface area contributed by atoms with Crippen LogP contribution in [0.1, 0.15) is 18.7 Å². The molecular weight excluding hydrogens is 1130 g/mol. The fourth-order valence-electron chi connectivity index (χ4n) is 8.98. The summed E-state index contributed by atoms with van der Waals surface area (Å²) in [5.41, 5.74) is 14.1. The Morgan fingerprint density at radius 1 is 0.737 bits per heavy atom. The van der Waals surface area contributed by atoms with E-state index in [0.717, 1.165) is 24.3 Å². The fraction of sp³-hybridized carbons (Fsp3) is 0.559. The predicted molar refractivity (Wildman–Crippen MR) is 254 cm³/mol. The number of aliphatic hydroxyl groups excluding tert-OH is 3. The average Bonchev–Trinajstić information content (AvgIpc) is 4.21. The number of imidazole rings is 3. The summed E-state index contributed by atoms with van der Waals surface area (Å²) >= 11 is 4.95. The van der Waals surface area contributed by atoms with Gasteiger partial charge < -0.3 is 84.8 Å². The lowest BCUT2D eigenvalue weighted by Crippen LogP contribution is -2.45. The van der Waals surface area contributed by atoms with E-state index >= 15 is 0 Å². The first-order valence-corrected chi connectivity index (χ1v) is 29.1. The number of nitrogens with one attached hydrogen (secondary N) is 2. The molecule has 9 heterocycles. The van der Waals surface area contributed by atoms with Crippen molar-refractivity contribution in [2.75, 3.05) is 57.8 Å². The molecule has 0 bridgehead atoms. The number of nitrogen functional groups attached to an aromatic ring is 3. The molecule has 416 valence electrons. The van der Waals surface area contributed by atoms with E-state index < -0.39 is 134 Å². The zero-order valence-corrected chi connectivity index (χ0v) is 43.6. The van der Waals surface area contributed by atoms with Gasteiger partial charge in [-0.25, -0.2) is 37.9 Å². The van der Waals surface area contributed by atoms with Gasteiger partial charge in [0.25, 0.3) is 17.1 Å². The SMILES string of the molecule is COC[C@H]1[C@@H](O)[C@H]([n+]2cn(C)c3c(=O)[nH]c(N)nc32)O[C@@H]1COP(=O)(O)OP(=O)(O)OP(O)(=S)OCC1O[C@@H](n2cnc3c(N)ncnc32)[C@H](OC)[C@@H]1P(=O)(O)OC[C@H]1O[C@@H](n2cnc3c(=O)[nH]c(N)nc32)[C@H](O)[C@@H]1O.